The summed E-state index contributed by atoms with van der Waals surface area (Å²) in [6.07, 6.45) is 0.679. The van der Waals surface area contributed by atoms with E-state index in [9.17, 15) is 9.59 Å². The molecule has 3 rings (SSSR count). The number of hydrazone groups is 1. The van der Waals surface area contributed by atoms with E-state index in [0.717, 1.165) is 16.2 Å². The van der Waals surface area contributed by atoms with Crippen LogP contribution in [0.4, 0.5) is 0 Å². The van der Waals surface area contributed by atoms with Gasteiger partial charge in [0.2, 0.25) is 5.91 Å². The Hall–Kier alpha value is -2.47. The van der Waals surface area contributed by atoms with Crippen molar-refractivity contribution in [2.45, 2.75) is 26.3 Å². The minimum absolute atomic E-state index is 0.0293. The summed E-state index contributed by atoms with van der Waals surface area (Å²) in [5.74, 6) is -0.348. The van der Waals surface area contributed by atoms with Crippen LogP contribution in [0.1, 0.15) is 36.8 Å². The van der Waals surface area contributed by atoms with E-state index in [0.29, 0.717) is 6.42 Å². The van der Waals surface area contributed by atoms with Gasteiger partial charge in [-0.2, -0.15) is 5.10 Å². The minimum Gasteiger partial charge on any atom is -0.336 e. The summed E-state index contributed by atoms with van der Waals surface area (Å²) in [7, 11) is 1.66. The molecule has 0 fully saturated rings. The third-order valence-corrected chi connectivity index (χ3v) is 5.32. The smallest absolute Gasteiger partial charge is 0.262 e. The minimum atomic E-state index is -0.165. The van der Waals surface area contributed by atoms with E-state index >= 15 is 0 Å². The van der Waals surface area contributed by atoms with Crippen LogP contribution in [0, 0.1) is 5.92 Å². The summed E-state index contributed by atoms with van der Waals surface area (Å²) >= 11 is 1.62. The highest BCUT2D eigenvalue weighted by Crippen LogP contribution is 2.33. The predicted molar refractivity (Wildman–Crippen MR) is 104 cm³/mol. The van der Waals surface area contributed by atoms with Gasteiger partial charge in [0.25, 0.3) is 5.91 Å². The maximum Gasteiger partial charge on any atom is 0.262 e. The molecule has 1 aliphatic rings. The van der Waals surface area contributed by atoms with Gasteiger partial charge in [-0.05, 0) is 17.0 Å². The number of nitrogens with zero attached hydrogens (tertiary/aromatic N) is 3. The van der Waals surface area contributed by atoms with Crippen molar-refractivity contribution in [3.63, 3.8) is 0 Å². The van der Waals surface area contributed by atoms with Gasteiger partial charge in [-0.15, -0.1) is 11.3 Å². The van der Waals surface area contributed by atoms with Crippen LogP contribution in [0.3, 0.4) is 0 Å². The van der Waals surface area contributed by atoms with Crippen molar-refractivity contribution in [3.05, 3.63) is 58.3 Å². The lowest BCUT2D eigenvalue weighted by atomic mass is 10.0. The van der Waals surface area contributed by atoms with Crippen molar-refractivity contribution in [2.24, 2.45) is 11.0 Å². The van der Waals surface area contributed by atoms with Crippen molar-refractivity contribution in [1.29, 1.82) is 0 Å². The Morgan fingerprint density at radius 3 is 2.58 bits per heavy atom. The van der Waals surface area contributed by atoms with Crippen molar-refractivity contribution in [2.75, 3.05) is 13.6 Å². The van der Waals surface area contributed by atoms with Gasteiger partial charge in [-0.3, -0.25) is 9.59 Å². The Bertz CT molecular complexity index is 800. The first-order valence-electron chi connectivity index (χ1n) is 8.70. The molecule has 0 unspecified atom stereocenters. The maximum atomic E-state index is 12.9. The first-order valence-corrected chi connectivity index (χ1v) is 9.58. The average Bonchev–Trinajstić information content (AvgIpc) is 3.31. The molecule has 1 aromatic heterocycles. The van der Waals surface area contributed by atoms with Crippen LogP contribution in [-0.2, 0) is 9.59 Å². The first-order chi connectivity index (χ1) is 12.5. The number of amides is 2. The van der Waals surface area contributed by atoms with Gasteiger partial charge < -0.3 is 4.90 Å². The first kappa shape index (κ1) is 18.3. The molecule has 0 saturated carbocycles. The summed E-state index contributed by atoms with van der Waals surface area (Å²) in [5.41, 5.74) is 1.97. The Morgan fingerprint density at radius 2 is 1.96 bits per heavy atom. The van der Waals surface area contributed by atoms with Crippen molar-refractivity contribution in [3.8, 4) is 0 Å². The largest absolute Gasteiger partial charge is 0.336 e. The van der Waals surface area contributed by atoms with Crippen LogP contribution < -0.4 is 0 Å². The molecular weight excluding hydrogens is 346 g/mol. The molecule has 2 heterocycles. The molecular formula is C20H23N3O2S. The summed E-state index contributed by atoms with van der Waals surface area (Å²) in [6, 6.07) is 13.8. The fraction of sp³-hybridized carbons (Fsp3) is 0.350. The number of benzene rings is 1. The Morgan fingerprint density at radius 1 is 1.23 bits per heavy atom. The van der Waals surface area contributed by atoms with Gasteiger partial charge in [0, 0.05) is 19.4 Å². The zero-order chi connectivity index (χ0) is 18.7. The lowest BCUT2D eigenvalue weighted by molar-refractivity contribution is -0.142. The molecule has 26 heavy (non-hydrogen) atoms. The number of hydrogen-bond donors (Lipinski definition) is 0. The molecule has 1 aliphatic heterocycles. The monoisotopic (exact) mass is 369 g/mol. The molecule has 2 amide bonds. The predicted octanol–water partition coefficient (Wildman–Crippen LogP) is 3.54. The molecule has 0 bridgehead atoms. The van der Waals surface area contributed by atoms with Crippen molar-refractivity contribution >= 4 is 28.9 Å². The lowest BCUT2D eigenvalue weighted by Gasteiger charge is -2.25. The van der Waals surface area contributed by atoms with Gasteiger partial charge >= 0.3 is 0 Å². The standard InChI is InChI=1S/C20H23N3O2S/c1-14(2)20(25)22(3)13-19(24)23-17(15-8-5-4-6-9-15)12-16(21-23)18-10-7-11-26-18/h4-11,14,17H,12-13H2,1-3H3/t17-/m0/s1. The fourth-order valence-corrected chi connectivity index (χ4v) is 3.78. The molecule has 0 spiro atoms. The van der Waals surface area contributed by atoms with E-state index in [1.165, 1.54) is 4.90 Å². The third kappa shape index (κ3) is 3.85. The Labute approximate surface area is 157 Å². The summed E-state index contributed by atoms with van der Waals surface area (Å²) in [5, 5.41) is 8.18. The van der Waals surface area contributed by atoms with Crippen LogP contribution in [0.25, 0.3) is 0 Å². The van der Waals surface area contributed by atoms with Crippen molar-refractivity contribution < 1.29 is 9.59 Å². The number of carbonyl (C=O) groups is 2. The third-order valence-electron chi connectivity index (χ3n) is 4.40. The van der Waals surface area contributed by atoms with Gasteiger partial charge in [0.15, 0.2) is 0 Å². The second-order valence-electron chi connectivity index (χ2n) is 6.74. The number of hydrogen-bond acceptors (Lipinski definition) is 4. The molecule has 0 radical (unpaired) electrons. The van der Waals surface area contributed by atoms with Crippen LogP contribution in [0.5, 0.6) is 0 Å². The van der Waals surface area contributed by atoms with Crippen LogP contribution in [-0.4, -0.2) is 41.0 Å². The SMILES string of the molecule is CC(C)C(=O)N(C)CC(=O)N1N=C(c2cccs2)C[C@H]1c1ccccc1. The second-order valence-corrected chi connectivity index (χ2v) is 7.69. The Balaban J connectivity index is 1.84. The van der Waals surface area contributed by atoms with E-state index in [4.69, 9.17) is 0 Å². The molecule has 2 aromatic rings. The van der Waals surface area contributed by atoms with Crippen molar-refractivity contribution in [1.82, 2.24) is 9.91 Å². The van der Waals surface area contributed by atoms with E-state index in [1.54, 1.807) is 23.4 Å². The highest BCUT2D eigenvalue weighted by atomic mass is 32.1. The summed E-state index contributed by atoms with van der Waals surface area (Å²) < 4.78 is 0. The molecule has 1 aromatic carbocycles. The zero-order valence-corrected chi connectivity index (χ0v) is 16.1. The van der Waals surface area contributed by atoms with E-state index in [2.05, 4.69) is 5.10 Å². The van der Waals surface area contributed by atoms with Crippen LogP contribution in [0.2, 0.25) is 0 Å². The Kier molecular flexibility index (Phi) is 5.52. The molecule has 6 heteroatoms. The van der Waals surface area contributed by atoms with Gasteiger partial charge in [0.05, 0.1) is 16.6 Å². The normalized spacial score (nSPS) is 16.7. The number of thiophene rings is 1. The molecule has 0 saturated heterocycles. The molecule has 5 nitrogen and oxygen atoms in total. The van der Waals surface area contributed by atoms with Crippen LogP contribution >= 0.6 is 11.3 Å². The van der Waals surface area contributed by atoms with E-state index < -0.39 is 0 Å². The van der Waals surface area contributed by atoms with E-state index in [1.807, 2.05) is 61.7 Å². The molecule has 0 N–H and O–H groups in total. The summed E-state index contributed by atoms with van der Waals surface area (Å²) in [4.78, 5) is 27.6. The number of likely N-dealkylation sites (N-methyl/N-ethyl adjacent to an activating group) is 1. The van der Waals surface area contributed by atoms with E-state index in [-0.39, 0.29) is 30.3 Å². The highest BCUT2D eigenvalue weighted by molar-refractivity contribution is 7.12. The molecule has 1 atom stereocenters. The zero-order valence-electron chi connectivity index (χ0n) is 15.3. The fourth-order valence-electron chi connectivity index (χ4n) is 3.06. The highest BCUT2D eigenvalue weighted by Gasteiger charge is 2.34. The second kappa shape index (κ2) is 7.83. The van der Waals surface area contributed by atoms with Gasteiger partial charge in [-0.25, -0.2) is 5.01 Å². The maximum absolute atomic E-state index is 12.9. The average molecular weight is 369 g/mol. The van der Waals surface area contributed by atoms with Crippen LogP contribution in [0.15, 0.2) is 52.9 Å². The molecule has 136 valence electrons. The topological polar surface area (TPSA) is 53.0 Å². The van der Waals surface area contributed by atoms with Gasteiger partial charge in [0.1, 0.15) is 6.54 Å². The number of rotatable bonds is 5. The quantitative estimate of drug-likeness (QED) is 0.809. The number of carbonyl (C=O) groups excluding carboxylic acids is 2. The summed E-state index contributed by atoms with van der Waals surface area (Å²) in [6.45, 7) is 3.69. The lowest BCUT2D eigenvalue weighted by Crippen LogP contribution is -2.40. The van der Waals surface area contributed by atoms with Gasteiger partial charge in [-0.1, -0.05) is 50.2 Å². The molecule has 0 aliphatic carbocycles.